The van der Waals surface area contributed by atoms with E-state index in [1.54, 1.807) is 42.2 Å². The number of carboxylic acids is 1. The number of carbonyl (C=O) groups excluding carboxylic acids is 1. The van der Waals surface area contributed by atoms with Gasteiger partial charge >= 0.3 is 5.97 Å². The highest BCUT2D eigenvalue weighted by Crippen LogP contribution is 2.31. The van der Waals surface area contributed by atoms with Crippen molar-refractivity contribution in [2.45, 2.75) is 39.3 Å². The summed E-state index contributed by atoms with van der Waals surface area (Å²) in [6, 6.07) is 12.7. The first-order valence-electron chi connectivity index (χ1n) is 8.31. The average molecular weight is 339 g/mol. The highest BCUT2D eigenvalue weighted by molar-refractivity contribution is 6.10. The van der Waals surface area contributed by atoms with Crippen molar-refractivity contribution in [2.75, 3.05) is 4.90 Å². The van der Waals surface area contributed by atoms with E-state index in [9.17, 15) is 9.59 Å². The molecule has 130 valence electrons. The van der Waals surface area contributed by atoms with Crippen molar-refractivity contribution >= 4 is 17.6 Å². The van der Waals surface area contributed by atoms with E-state index in [0.29, 0.717) is 23.4 Å². The third kappa shape index (κ3) is 3.36. The Morgan fingerprint density at radius 3 is 2.40 bits per heavy atom. The molecule has 0 saturated heterocycles. The molecule has 0 fully saturated rings. The number of carbonyl (C=O) groups is 2. The second kappa shape index (κ2) is 6.59. The van der Waals surface area contributed by atoms with Crippen molar-refractivity contribution < 1.29 is 19.4 Å². The second-order valence-electron chi connectivity index (χ2n) is 6.53. The highest BCUT2D eigenvalue weighted by atomic mass is 16.5. The van der Waals surface area contributed by atoms with E-state index in [0.717, 1.165) is 11.3 Å². The third-order valence-corrected chi connectivity index (χ3v) is 4.33. The molecule has 1 unspecified atom stereocenters. The van der Waals surface area contributed by atoms with Crippen LogP contribution in [0.25, 0.3) is 0 Å². The zero-order valence-electron chi connectivity index (χ0n) is 14.5. The van der Waals surface area contributed by atoms with Crippen LogP contribution in [-0.4, -0.2) is 23.1 Å². The fraction of sp³-hybridized carbons (Fsp3) is 0.300. The Labute approximate surface area is 146 Å². The van der Waals surface area contributed by atoms with Gasteiger partial charge in [-0.15, -0.1) is 0 Å². The molecule has 0 spiro atoms. The van der Waals surface area contributed by atoms with Crippen molar-refractivity contribution in [3.8, 4) is 5.75 Å². The van der Waals surface area contributed by atoms with Crippen molar-refractivity contribution in [3.05, 3.63) is 59.2 Å². The molecule has 5 nitrogen and oxygen atoms in total. The molecule has 2 aromatic rings. The molecule has 0 saturated carbocycles. The van der Waals surface area contributed by atoms with E-state index >= 15 is 0 Å². The molecule has 1 heterocycles. The molecule has 1 aliphatic heterocycles. The van der Waals surface area contributed by atoms with Gasteiger partial charge in [0.15, 0.2) is 0 Å². The van der Waals surface area contributed by atoms with E-state index in [1.807, 2.05) is 26.0 Å². The normalized spacial score (nSPS) is 14.6. The van der Waals surface area contributed by atoms with Gasteiger partial charge in [0.05, 0.1) is 18.6 Å². The molecule has 5 heteroatoms. The van der Waals surface area contributed by atoms with Crippen molar-refractivity contribution in [3.63, 3.8) is 0 Å². The lowest BCUT2D eigenvalue weighted by Crippen LogP contribution is -2.23. The number of benzene rings is 2. The van der Waals surface area contributed by atoms with Crippen molar-refractivity contribution in [1.29, 1.82) is 0 Å². The van der Waals surface area contributed by atoms with Gasteiger partial charge in [0.25, 0.3) is 5.91 Å². The van der Waals surface area contributed by atoms with Crippen LogP contribution in [0.4, 0.5) is 5.69 Å². The first-order chi connectivity index (χ1) is 11.9. The largest absolute Gasteiger partial charge is 0.491 e. The van der Waals surface area contributed by atoms with Gasteiger partial charge in [-0.1, -0.05) is 18.2 Å². The first kappa shape index (κ1) is 17.0. The monoisotopic (exact) mass is 339 g/mol. The Bertz CT molecular complexity index is 811. The van der Waals surface area contributed by atoms with Crippen LogP contribution in [0.3, 0.4) is 0 Å². The molecular formula is C20H21NO4. The summed E-state index contributed by atoms with van der Waals surface area (Å²) in [4.78, 5) is 25.5. The average Bonchev–Trinajstić information content (AvgIpc) is 2.90. The Balaban J connectivity index is 1.83. The molecule has 0 aliphatic carbocycles. The minimum Gasteiger partial charge on any atom is -0.491 e. The van der Waals surface area contributed by atoms with E-state index in [4.69, 9.17) is 9.84 Å². The van der Waals surface area contributed by atoms with Crippen LogP contribution >= 0.6 is 0 Å². The van der Waals surface area contributed by atoms with Gasteiger partial charge in [-0.25, -0.2) is 0 Å². The summed E-state index contributed by atoms with van der Waals surface area (Å²) in [7, 11) is 0. The minimum absolute atomic E-state index is 0.0504. The number of hydrogen-bond donors (Lipinski definition) is 1. The number of hydrogen-bond acceptors (Lipinski definition) is 3. The number of carboxylic acid groups (broad SMARTS) is 1. The summed E-state index contributed by atoms with van der Waals surface area (Å²) in [6.07, 6.45) is 0.0504. The molecule has 0 bridgehead atoms. The number of nitrogens with zero attached hydrogens (tertiary/aromatic N) is 1. The molecule has 1 N–H and O–H groups in total. The van der Waals surface area contributed by atoms with E-state index in [1.165, 1.54) is 0 Å². The van der Waals surface area contributed by atoms with E-state index < -0.39 is 11.9 Å². The second-order valence-corrected chi connectivity index (χ2v) is 6.53. The number of ether oxygens (including phenoxy) is 1. The van der Waals surface area contributed by atoms with Gasteiger partial charge in [-0.2, -0.15) is 0 Å². The van der Waals surface area contributed by atoms with Crippen molar-refractivity contribution in [2.24, 2.45) is 0 Å². The molecule has 3 rings (SSSR count). The zero-order valence-corrected chi connectivity index (χ0v) is 14.5. The highest BCUT2D eigenvalue weighted by Gasteiger charge is 2.29. The Morgan fingerprint density at radius 2 is 1.80 bits per heavy atom. The van der Waals surface area contributed by atoms with Gasteiger partial charge in [-0.3, -0.25) is 9.59 Å². The molecule has 1 atom stereocenters. The number of anilines is 1. The Kier molecular flexibility index (Phi) is 4.49. The zero-order chi connectivity index (χ0) is 18.1. The van der Waals surface area contributed by atoms with Crippen LogP contribution in [-0.2, 0) is 11.3 Å². The smallest absolute Gasteiger partial charge is 0.310 e. The van der Waals surface area contributed by atoms with Gasteiger partial charge in [0, 0.05) is 11.3 Å². The van der Waals surface area contributed by atoms with Gasteiger partial charge in [0.1, 0.15) is 5.75 Å². The number of fused-ring (bicyclic) bond motifs is 1. The van der Waals surface area contributed by atoms with Crippen LogP contribution < -0.4 is 9.64 Å². The third-order valence-electron chi connectivity index (χ3n) is 4.33. The van der Waals surface area contributed by atoms with Gasteiger partial charge in [-0.05, 0) is 56.2 Å². The summed E-state index contributed by atoms with van der Waals surface area (Å²) in [5.41, 5.74) is 3.09. The number of rotatable bonds is 5. The van der Waals surface area contributed by atoms with Crippen LogP contribution in [0.2, 0.25) is 0 Å². The van der Waals surface area contributed by atoms with Gasteiger partial charge in [0.2, 0.25) is 0 Å². The summed E-state index contributed by atoms with van der Waals surface area (Å²) in [5, 5.41) is 9.09. The van der Waals surface area contributed by atoms with E-state index in [-0.39, 0.29) is 12.0 Å². The lowest BCUT2D eigenvalue weighted by Gasteiger charge is -2.17. The molecule has 1 aliphatic rings. The minimum atomic E-state index is -0.866. The molecular weight excluding hydrogens is 318 g/mol. The maximum absolute atomic E-state index is 12.7. The molecule has 0 aromatic heterocycles. The van der Waals surface area contributed by atoms with Crippen LogP contribution in [0, 0.1) is 0 Å². The first-order valence-corrected chi connectivity index (χ1v) is 8.31. The molecule has 1 amide bonds. The quantitative estimate of drug-likeness (QED) is 0.899. The Hall–Kier alpha value is -2.82. The fourth-order valence-electron chi connectivity index (χ4n) is 2.92. The molecule has 0 radical (unpaired) electrons. The van der Waals surface area contributed by atoms with E-state index in [2.05, 4.69) is 0 Å². The van der Waals surface area contributed by atoms with Crippen LogP contribution in [0.5, 0.6) is 5.75 Å². The van der Waals surface area contributed by atoms with Crippen LogP contribution in [0.1, 0.15) is 48.2 Å². The number of aliphatic carboxylic acids is 1. The SMILES string of the molecule is CC(C)Oc1ccc2c(c1)C(=O)N(c1ccc(C(C)C(=O)O)cc1)C2. The molecule has 2 aromatic carbocycles. The maximum atomic E-state index is 12.7. The Morgan fingerprint density at radius 1 is 1.12 bits per heavy atom. The lowest BCUT2D eigenvalue weighted by atomic mass is 10.0. The van der Waals surface area contributed by atoms with Gasteiger partial charge < -0.3 is 14.7 Å². The van der Waals surface area contributed by atoms with Crippen LogP contribution in [0.15, 0.2) is 42.5 Å². The van der Waals surface area contributed by atoms with Crippen molar-refractivity contribution in [1.82, 2.24) is 0 Å². The predicted molar refractivity (Wildman–Crippen MR) is 95.2 cm³/mol. The number of amides is 1. The standard InChI is InChI=1S/C20H21NO4/c1-12(2)25-17-9-6-15-11-21(19(22)18(15)10-17)16-7-4-14(5-8-16)13(3)20(23)24/h4-10,12-13H,11H2,1-3H3,(H,23,24). The fourth-order valence-corrected chi connectivity index (χ4v) is 2.92. The summed E-state index contributed by atoms with van der Waals surface area (Å²) in [6.45, 7) is 6.04. The summed E-state index contributed by atoms with van der Waals surface area (Å²) >= 11 is 0. The molecule has 25 heavy (non-hydrogen) atoms. The predicted octanol–water partition coefficient (Wildman–Crippen LogP) is 3.82. The maximum Gasteiger partial charge on any atom is 0.310 e. The topological polar surface area (TPSA) is 66.8 Å². The summed E-state index contributed by atoms with van der Waals surface area (Å²) < 4.78 is 5.67. The lowest BCUT2D eigenvalue weighted by molar-refractivity contribution is -0.138. The summed E-state index contributed by atoms with van der Waals surface area (Å²) in [5.74, 6) is -0.816.